The number of nitrogens with zero attached hydrogens (tertiary/aromatic N) is 4. The summed E-state index contributed by atoms with van der Waals surface area (Å²) in [5.41, 5.74) is 1.87. The number of piperazine rings is 1. The molecule has 164 valence electrons. The molecule has 2 aromatic heterocycles. The highest BCUT2D eigenvalue weighted by molar-refractivity contribution is 7.88. The number of aromatic nitrogens is 2. The third kappa shape index (κ3) is 4.43. The Kier molecular flexibility index (Phi) is 5.19. The van der Waals surface area contributed by atoms with Crippen LogP contribution in [0, 0.1) is 5.82 Å². The summed E-state index contributed by atoms with van der Waals surface area (Å²) in [5, 5.41) is 8.54. The van der Waals surface area contributed by atoms with Gasteiger partial charge in [-0.25, -0.2) is 17.8 Å². The lowest BCUT2D eigenvalue weighted by molar-refractivity contribution is 0.386. The molecular formula is C20H23FN6O2S2. The minimum Gasteiger partial charge on any atom is -0.367 e. The zero-order valence-corrected chi connectivity index (χ0v) is 18.6. The summed E-state index contributed by atoms with van der Waals surface area (Å²) in [6.45, 7) is 1.60. The number of sulfonamides is 1. The summed E-state index contributed by atoms with van der Waals surface area (Å²) >= 11 is 1.60. The van der Waals surface area contributed by atoms with Gasteiger partial charge < -0.3 is 15.5 Å². The Balaban J connectivity index is 1.33. The molecule has 1 saturated carbocycles. The minimum absolute atomic E-state index is 0.351. The van der Waals surface area contributed by atoms with E-state index < -0.39 is 10.0 Å². The van der Waals surface area contributed by atoms with Gasteiger partial charge in [-0.3, -0.25) is 0 Å². The van der Waals surface area contributed by atoms with Crippen molar-refractivity contribution in [2.75, 3.05) is 48.0 Å². The quantitative estimate of drug-likeness (QED) is 0.581. The van der Waals surface area contributed by atoms with Crippen LogP contribution >= 0.6 is 11.3 Å². The number of rotatable bonds is 6. The van der Waals surface area contributed by atoms with Gasteiger partial charge in [0, 0.05) is 37.9 Å². The van der Waals surface area contributed by atoms with Gasteiger partial charge in [-0.2, -0.15) is 9.29 Å². The Hall–Kier alpha value is -2.50. The first-order chi connectivity index (χ1) is 14.9. The van der Waals surface area contributed by atoms with E-state index in [0.717, 1.165) is 28.9 Å². The number of nitrogens with one attached hydrogen (secondary N) is 2. The number of hydrogen-bond donors (Lipinski definition) is 2. The van der Waals surface area contributed by atoms with Crippen LogP contribution in [0.1, 0.15) is 12.8 Å². The van der Waals surface area contributed by atoms with E-state index in [4.69, 9.17) is 0 Å². The van der Waals surface area contributed by atoms with Gasteiger partial charge in [0.2, 0.25) is 16.0 Å². The first kappa shape index (κ1) is 20.4. The molecule has 1 aliphatic carbocycles. The van der Waals surface area contributed by atoms with Crippen LogP contribution < -0.4 is 15.5 Å². The summed E-state index contributed by atoms with van der Waals surface area (Å²) in [4.78, 5) is 11.0. The molecule has 2 aliphatic rings. The molecule has 0 bridgehead atoms. The molecule has 5 rings (SSSR count). The highest BCUT2D eigenvalue weighted by Gasteiger charge is 2.25. The van der Waals surface area contributed by atoms with Crippen LogP contribution in [0.2, 0.25) is 0 Å². The molecule has 0 radical (unpaired) electrons. The van der Waals surface area contributed by atoms with E-state index >= 15 is 0 Å². The van der Waals surface area contributed by atoms with Crippen molar-refractivity contribution >= 4 is 54.7 Å². The largest absolute Gasteiger partial charge is 0.367 e. The third-order valence-electron chi connectivity index (χ3n) is 5.47. The van der Waals surface area contributed by atoms with Crippen molar-refractivity contribution < 1.29 is 12.8 Å². The fourth-order valence-corrected chi connectivity index (χ4v) is 5.28. The van der Waals surface area contributed by atoms with Crippen LogP contribution in [0.4, 0.5) is 27.5 Å². The summed E-state index contributed by atoms with van der Waals surface area (Å²) in [7, 11) is -3.22. The van der Waals surface area contributed by atoms with Gasteiger partial charge >= 0.3 is 0 Å². The van der Waals surface area contributed by atoms with Crippen molar-refractivity contribution in [2.45, 2.75) is 18.9 Å². The Labute approximate surface area is 184 Å². The van der Waals surface area contributed by atoms with Crippen LogP contribution in [0.15, 0.2) is 29.6 Å². The lowest BCUT2D eigenvalue weighted by Gasteiger charge is -2.34. The molecule has 3 heterocycles. The minimum atomic E-state index is -3.22. The van der Waals surface area contributed by atoms with Crippen LogP contribution in [0.5, 0.6) is 0 Å². The smallest absolute Gasteiger partial charge is 0.229 e. The molecule has 8 nitrogen and oxygen atoms in total. The van der Waals surface area contributed by atoms with Crippen LogP contribution in [-0.4, -0.2) is 61.2 Å². The molecule has 3 aromatic rings. The number of anilines is 4. The molecule has 2 fully saturated rings. The highest BCUT2D eigenvalue weighted by atomic mass is 32.2. The normalized spacial score (nSPS) is 17.8. The molecule has 11 heteroatoms. The molecule has 31 heavy (non-hydrogen) atoms. The van der Waals surface area contributed by atoms with Crippen molar-refractivity contribution in [3.8, 4) is 0 Å². The van der Waals surface area contributed by atoms with Gasteiger partial charge in [0.05, 0.1) is 22.2 Å². The summed E-state index contributed by atoms with van der Waals surface area (Å²) in [6, 6.07) is 7.34. The van der Waals surface area contributed by atoms with E-state index in [1.54, 1.807) is 23.5 Å². The zero-order valence-electron chi connectivity index (χ0n) is 17.0. The SMILES string of the molecule is CS(=O)(=O)N1CCN(c2ccc(Nc3nc(NC4CC4)c4sccc4n3)cc2F)CC1. The van der Waals surface area contributed by atoms with Crippen LogP contribution in [0.3, 0.4) is 0 Å². The fraction of sp³-hybridized carbons (Fsp3) is 0.400. The summed E-state index contributed by atoms with van der Waals surface area (Å²) in [6.07, 6.45) is 3.49. The maximum absolute atomic E-state index is 14.9. The van der Waals surface area contributed by atoms with E-state index in [2.05, 4.69) is 20.6 Å². The molecule has 1 aliphatic heterocycles. The second kappa shape index (κ2) is 7.88. The number of fused-ring (bicyclic) bond motifs is 1. The van der Waals surface area contributed by atoms with E-state index in [0.29, 0.717) is 49.5 Å². The zero-order chi connectivity index (χ0) is 21.6. The van der Waals surface area contributed by atoms with Gasteiger partial charge in [-0.05, 0) is 42.5 Å². The van der Waals surface area contributed by atoms with Crippen molar-refractivity contribution in [2.24, 2.45) is 0 Å². The number of hydrogen-bond acceptors (Lipinski definition) is 8. The van der Waals surface area contributed by atoms with Crippen molar-refractivity contribution in [1.29, 1.82) is 0 Å². The maximum Gasteiger partial charge on any atom is 0.229 e. The fourth-order valence-electron chi connectivity index (χ4n) is 3.67. The number of halogens is 1. The Morgan fingerprint density at radius 3 is 2.58 bits per heavy atom. The lowest BCUT2D eigenvalue weighted by atomic mass is 10.2. The molecular weight excluding hydrogens is 439 g/mol. The van der Waals surface area contributed by atoms with E-state index in [1.807, 2.05) is 16.3 Å². The molecule has 0 unspecified atom stereocenters. The van der Waals surface area contributed by atoms with Crippen molar-refractivity contribution in [3.05, 3.63) is 35.5 Å². The monoisotopic (exact) mass is 462 g/mol. The third-order valence-corrected chi connectivity index (χ3v) is 7.69. The lowest BCUT2D eigenvalue weighted by Crippen LogP contribution is -2.48. The maximum atomic E-state index is 14.9. The van der Waals surface area contributed by atoms with E-state index in [9.17, 15) is 12.8 Å². The average Bonchev–Trinajstić information content (AvgIpc) is 3.41. The topological polar surface area (TPSA) is 90.5 Å². The Morgan fingerprint density at radius 2 is 1.90 bits per heavy atom. The second-order valence-corrected chi connectivity index (χ2v) is 10.8. The first-order valence-corrected chi connectivity index (χ1v) is 12.9. The molecule has 2 N–H and O–H groups in total. The van der Waals surface area contributed by atoms with Gasteiger partial charge in [-0.1, -0.05) is 0 Å². The van der Waals surface area contributed by atoms with Crippen LogP contribution in [-0.2, 0) is 10.0 Å². The van der Waals surface area contributed by atoms with E-state index in [-0.39, 0.29) is 5.82 Å². The van der Waals surface area contributed by atoms with Gasteiger partial charge in [0.25, 0.3) is 0 Å². The molecule has 0 atom stereocenters. The van der Waals surface area contributed by atoms with Gasteiger partial charge in [-0.15, -0.1) is 11.3 Å². The molecule has 1 aromatic carbocycles. The molecule has 0 amide bonds. The number of thiophene rings is 1. The molecule has 0 spiro atoms. The Morgan fingerprint density at radius 1 is 1.13 bits per heavy atom. The predicted octanol–water partition coefficient (Wildman–Crippen LogP) is 3.23. The van der Waals surface area contributed by atoms with Gasteiger partial charge in [0.15, 0.2) is 0 Å². The number of benzene rings is 1. The standard InChI is InChI=1S/C20H23FN6O2S2/c1-31(28,29)27-9-7-26(8-10-27)17-5-4-14(12-15(17)21)23-20-24-16-6-11-30-18(16)19(25-20)22-13-2-3-13/h4-6,11-13H,2-3,7-10H2,1H3,(H2,22,23,24,25). The van der Waals surface area contributed by atoms with E-state index in [1.165, 1.54) is 16.6 Å². The highest BCUT2D eigenvalue weighted by Crippen LogP contribution is 2.33. The average molecular weight is 463 g/mol. The van der Waals surface area contributed by atoms with Crippen LogP contribution in [0.25, 0.3) is 10.2 Å². The first-order valence-electron chi connectivity index (χ1n) is 10.2. The summed E-state index contributed by atoms with van der Waals surface area (Å²) < 4.78 is 40.7. The van der Waals surface area contributed by atoms with Gasteiger partial charge in [0.1, 0.15) is 11.6 Å². The predicted molar refractivity (Wildman–Crippen MR) is 122 cm³/mol. The van der Waals surface area contributed by atoms with Crippen molar-refractivity contribution in [3.63, 3.8) is 0 Å². The van der Waals surface area contributed by atoms with Crippen molar-refractivity contribution in [1.82, 2.24) is 14.3 Å². The Bertz CT molecular complexity index is 1220. The second-order valence-electron chi connectivity index (χ2n) is 7.89. The summed E-state index contributed by atoms with van der Waals surface area (Å²) in [5.74, 6) is 0.861. The molecule has 1 saturated heterocycles.